The number of nitrogens with zero attached hydrogens (tertiary/aromatic N) is 4. The van der Waals surface area contributed by atoms with Gasteiger partial charge in [-0.3, -0.25) is 9.36 Å². The summed E-state index contributed by atoms with van der Waals surface area (Å²) in [6.45, 7) is 0.654. The fourth-order valence-corrected chi connectivity index (χ4v) is 2.74. The van der Waals surface area contributed by atoms with Gasteiger partial charge in [0, 0.05) is 36.4 Å². The molecule has 4 rings (SSSR count). The molecule has 1 fully saturated rings. The zero-order valence-electron chi connectivity index (χ0n) is 14.0. The summed E-state index contributed by atoms with van der Waals surface area (Å²) >= 11 is 0. The molecule has 0 bridgehead atoms. The van der Waals surface area contributed by atoms with Crippen molar-refractivity contribution in [3.8, 4) is 5.82 Å². The Kier molecular flexibility index (Phi) is 4.57. The second kappa shape index (κ2) is 7.32. The normalized spacial score (nSPS) is 16.4. The van der Waals surface area contributed by atoms with E-state index in [0.29, 0.717) is 12.4 Å². The van der Waals surface area contributed by atoms with Gasteiger partial charge >= 0.3 is 0 Å². The summed E-state index contributed by atoms with van der Waals surface area (Å²) in [5.41, 5.74) is 1.59. The maximum atomic E-state index is 12.1. The van der Waals surface area contributed by atoms with Crippen molar-refractivity contribution in [3.05, 3.63) is 55.4 Å². The first-order valence-electron chi connectivity index (χ1n) is 8.38. The topological polar surface area (TPSA) is 94.0 Å². The second-order valence-electron chi connectivity index (χ2n) is 5.92. The molecule has 1 unspecified atom stereocenters. The third-order valence-corrected chi connectivity index (χ3v) is 4.07. The first-order valence-corrected chi connectivity index (χ1v) is 8.38. The van der Waals surface area contributed by atoms with Crippen LogP contribution < -0.4 is 10.6 Å². The number of imidazole rings is 1. The van der Waals surface area contributed by atoms with E-state index in [0.717, 1.165) is 30.0 Å². The molecule has 0 radical (unpaired) electrons. The molecular weight excluding hydrogens is 332 g/mol. The van der Waals surface area contributed by atoms with Crippen LogP contribution in [0.25, 0.3) is 5.82 Å². The lowest BCUT2D eigenvalue weighted by Gasteiger charge is -2.11. The Balaban J connectivity index is 1.41. The van der Waals surface area contributed by atoms with Gasteiger partial charge in [0.25, 0.3) is 5.91 Å². The molecule has 8 heteroatoms. The molecule has 1 saturated heterocycles. The highest BCUT2D eigenvalue weighted by atomic mass is 16.5. The molecule has 2 aromatic heterocycles. The number of hydrogen-bond acceptors (Lipinski definition) is 6. The fourth-order valence-electron chi connectivity index (χ4n) is 2.74. The number of ether oxygens (including phenoxy) is 1. The highest BCUT2D eigenvalue weighted by Gasteiger charge is 2.23. The third-order valence-electron chi connectivity index (χ3n) is 4.07. The molecule has 3 aromatic rings. The van der Waals surface area contributed by atoms with Gasteiger partial charge in [-0.15, -0.1) is 0 Å². The lowest BCUT2D eigenvalue weighted by molar-refractivity contribution is -0.124. The summed E-state index contributed by atoms with van der Waals surface area (Å²) in [5.74, 6) is 1.30. The first-order chi connectivity index (χ1) is 12.8. The number of benzene rings is 1. The molecule has 8 nitrogen and oxygen atoms in total. The van der Waals surface area contributed by atoms with Crippen molar-refractivity contribution in [2.45, 2.75) is 18.9 Å². The van der Waals surface area contributed by atoms with E-state index in [-0.39, 0.29) is 12.0 Å². The maximum absolute atomic E-state index is 12.1. The number of rotatable bonds is 5. The van der Waals surface area contributed by atoms with Gasteiger partial charge in [-0.1, -0.05) is 0 Å². The molecule has 3 heterocycles. The van der Waals surface area contributed by atoms with Crippen molar-refractivity contribution in [1.82, 2.24) is 19.5 Å². The highest BCUT2D eigenvalue weighted by Crippen LogP contribution is 2.20. The average molecular weight is 350 g/mol. The Bertz CT molecular complexity index is 873. The molecule has 1 aliphatic rings. The minimum absolute atomic E-state index is 0.0935. The zero-order valence-corrected chi connectivity index (χ0v) is 14.0. The van der Waals surface area contributed by atoms with Crippen molar-refractivity contribution < 1.29 is 9.53 Å². The summed E-state index contributed by atoms with van der Waals surface area (Å²) in [4.78, 5) is 24.5. The van der Waals surface area contributed by atoms with Crippen molar-refractivity contribution in [2.24, 2.45) is 0 Å². The van der Waals surface area contributed by atoms with Gasteiger partial charge in [0.05, 0.1) is 0 Å². The van der Waals surface area contributed by atoms with Crippen LogP contribution in [-0.2, 0) is 9.53 Å². The number of amides is 1. The molecule has 2 N–H and O–H groups in total. The molecule has 0 aliphatic carbocycles. The SMILES string of the molecule is O=C(Nc1ccc(Nc2cc(-n3ccnc3)ncn2)cc1)C1CCCO1. The Morgan fingerprint density at radius 2 is 2.04 bits per heavy atom. The average Bonchev–Trinajstić information content (AvgIpc) is 3.38. The number of anilines is 3. The van der Waals surface area contributed by atoms with E-state index in [1.807, 2.05) is 36.5 Å². The van der Waals surface area contributed by atoms with E-state index >= 15 is 0 Å². The monoisotopic (exact) mass is 350 g/mol. The third kappa shape index (κ3) is 3.70. The zero-order chi connectivity index (χ0) is 17.8. The highest BCUT2D eigenvalue weighted by molar-refractivity contribution is 5.94. The van der Waals surface area contributed by atoms with E-state index in [1.54, 1.807) is 17.1 Å². The lowest BCUT2D eigenvalue weighted by atomic mass is 10.2. The minimum atomic E-state index is -0.338. The summed E-state index contributed by atoms with van der Waals surface area (Å²) in [6, 6.07) is 9.27. The van der Waals surface area contributed by atoms with E-state index in [2.05, 4.69) is 25.6 Å². The number of hydrogen-bond donors (Lipinski definition) is 2. The summed E-state index contributed by atoms with van der Waals surface area (Å²) in [6.07, 6.45) is 8.05. The number of carbonyl (C=O) groups excluding carboxylic acids is 1. The quantitative estimate of drug-likeness (QED) is 0.734. The summed E-state index contributed by atoms with van der Waals surface area (Å²) < 4.78 is 7.19. The number of carbonyl (C=O) groups is 1. The van der Waals surface area contributed by atoms with Crippen LogP contribution in [0, 0.1) is 0 Å². The van der Waals surface area contributed by atoms with E-state index < -0.39 is 0 Å². The number of nitrogens with one attached hydrogen (secondary N) is 2. The van der Waals surface area contributed by atoms with Crippen LogP contribution >= 0.6 is 0 Å². The van der Waals surface area contributed by atoms with Gasteiger partial charge in [0.2, 0.25) is 0 Å². The molecule has 1 aliphatic heterocycles. The molecule has 0 spiro atoms. The summed E-state index contributed by atoms with van der Waals surface area (Å²) in [5, 5.41) is 6.09. The predicted octanol–water partition coefficient (Wildman–Crippen LogP) is 2.52. The number of aromatic nitrogens is 4. The molecule has 0 saturated carbocycles. The van der Waals surface area contributed by atoms with Crippen LogP contribution in [0.5, 0.6) is 0 Å². The van der Waals surface area contributed by atoms with Gasteiger partial charge < -0.3 is 15.4 Å². The lowest BCUT2D eigenvalue weighted by Crippen LogP contribution is -2.26. The smallest absolute Gasteiger partial charge is 0.253 e. The van der Waals surface area contributed by atoms with Crippen LogP contribution in [-0.4, -0.2) is 38.1 Å². The van der Waals surface area contributed by atoms with E-state index in [1.165, 1.54) is 6.33 Å². The van der Waals surface area contributed by atoms with Crippen molar-refractivity contribution >= 4 is 23.1 Å². The minimum Gasteiger partial charge on any atom is -0.368 e. The standard InChI is InChI=1S/C18H18N6O2/c25-18(15-2-1-9-26-15)23-14-5-3-13(4-6-14)22-16-10-17(21-11-20-16)24-8-7-19-12-24/h3-8,10-12,15H,1-2,9H2,(H,23,25)(H,20,21,22). The van der Waals surface area contributed by atoms with Gasteiger partial charge in [-0.05, 0) is 37.1 Å². The van der Waals surface area contributed by atoms with Crippen LogP contribution in [0.2, 0.25) is 0 Å². The molecule has 132 valence electrons. The van der Waals surface area contributed by atoms with E-state index in [9.17, 15) is 4.79 Å². The maximum Gasteiger partial charge on any atom is 0.253 e. The largest absolute Gasteiger partial charge is 0.368 e. The van der Waals surface area contributed by atoms with Crippen LogP contribution in [0.4, 0.5) is 17.2 Å². The molecular formula is C18H18N6O2. The van der Waals surface area contributed by atoms with Crippen molar-refractivity contribution in [2.75, 3.05) is 17.2 Å². The van der Waals surface area contributed by atoms with Crippen molar-refractivity contribution in [3.63, 3.8) is 0 Å². The fraction of sp³-hybridized carbons (Fsp3) is 0.222. The Hall–Kier alpha value is -3.26. The predicted molar refractivity (Wildman–Crippen MR) is 96.5 cm³/mol. The van der Waals surface area contributed by atoms with Crippen molar-refractivity contribution in [1.29, 1.82) is 0 Å². The Labute approximate surface area is 150 Å². The van der Waals surface area contributed by atoms with Crippen LogP contribution in [0.15, 0.2) is 55.4 Å². The van der Waals surface area contributed by atoms with Crippen LogP contribution in [0.3, 0.4) is 0 Å². The van der Waals surface area contributed by atoms with Gasteiger partial charge in [-0.2, -0.15) is 0 Å². The second-order valence-corrected chi connectivity index (χ2v) is 5.92. The van der Waals surface area contributed by atoms with Gasteiger partial charge in [0.1, 0.15) is 30.4 Å². The summed E-state index contributed by atoms with van der Waals surface area (Å²) in [7, 11) is 0. The Morgan fingerprint density at radius 1 is 1.19 bits per heavy atom. The molecule has 1 aromatic carbocycles. The van der Waals surface area contributed by atoms with Gasteiger partial charge in [0.15, 0.2) is 0 Å². The Morgan fingerprint density at radius 3 is 2.77 bits per heavy atom. The molecule has 1 amide bonds. The van der Waals surface area contributed by atoms with Crippen LogP contribution in [0.1, 0.15) is 12.8 Å². The van der Waals surface area contributed by atoms with E-state index in [4.69, 9.17) is 4.74 Å². The van der Waals surface area contributed by atoms with Gasteiger partial charge in [-0.25, -0.2) is 15.0 Å². The molecule has 26 heavy (non-hydrogen) atoms. The first kappa shape index (κ1) is 16.2. The molecule has 1 atom stereocenters.